The summed E-state index contributed by atoms with van der Waals surface area (Å²) in [6.45, 7) is 6.55. The van der Waals surface area contributed by atoms with E-state index in [9.17, 15) is 0 Å². The zero-order valence-electron chi connectivity index (χ0n) is 9.62. The van der Waals surface area contributed by atoms with E-state index in [4.69, 9.17) is 0 Å². The van der Waals surface area contributed by atoms with Crippen LogP contribution in [0.1, 0.15) is 45.1 Å². The van der Waals surface area contributed by atoms with Crippen LogP contribution in [0.25, 0.3) is 0 Å². The number of halogens is 1. The lowest BCUT2D eigenvalue weighted by Gasteiger charge is -1.86. The average molecular weight is 215 g/mol. The lowest BCUT2D eigenvalue weighted by molar-refractivity contribution is 0.702. The molecule has 0 aliphatic heterocycles. The summed E-state index contributed by atoms with van der Waals surface area (Å²) in [6.07, 6.45) is 5.54. The Balaban J connectivity index is 0. The zero-order valence-corrected chi connectivity index (χ0v) is 10.4. The summed E-state index contributed by atoms with van der Waals surface area (Å²) >= 11 is 0. The van der Waals surface area contributed by atoms with E-state index < -0.39 is 0 Å². The normalized spacial score (nSPS) is 8.21. The summed E-state index contributed by atoms with van der Waals surface area (Å²) in [6, 6.07) is 10.3. The fourth-order valence-electron chi connectivity index (χ4n) is 1.03. The second-order valence-corrected chi connectivity index (χ2v) is 3.36. The summed E-state index contributed by atoms with van der Waals surface area (Å²) < 4.78 is 0. The standard InChI is InChI=1S/C7H8.C6H14.ClH/c1-7-5-3-2-4-6-7;1-3-5-6-4-2;/h2-6H,1H3;3-6H2,1-2H3;1H. The minimum atomic E-state index is 0. The molecular formula is C13H23Cl. The van der Waals surface area contributed by atoms with Crippen LogP contribution in [-0.2, 0) is 0 Å². The maximum Gasteiger partial charge on any atom is -0.0398 e. The first kappa shape index (κ1) is 16.0. The van der Waals surface area contributed by atoms with Crippen molar-refractivity contribution in [1.82, 2.24) is 0 Å². The molecule has 0 fully saturated rings. The van der Waals surface area contributed by atoms with Crippen LogP contribution in [0.3, 0.4) is 0 Å². The second-order valence-electron chi connectivity index (χ2n) is 3.36. The van der Waals surface area contributed by atoms with Gasteiger partial charge in [-0.25, -0.2) is 0 Å². The Kier molecular flexibility index (Phi) is 14.3. The molecule has 1 heteroatoms. The largest absolute Gasteiger partial charge is 0.147 e. The van der Waals surface area contributed by atoms with Gasteiger partial charge in [0.2, 0.25) is 0 Å². The molecule has 82 valence electrons. The summed E-state index contributed by atoms with van der Waals surface area (Å²) in [4.78, 5) is 0. The summed E-state index contributed by atoms with van der Waals surface area (Å²) in [5.74, 6) is 0. The highest BCUT2D eigenvalue weighted by atomic mass is 35.5. The highest BCUT2D eigenvalue weighted by molar-refractivity contribution is 5.85. The van der Waals surface area contributed by atoms with Gasteiger partial charge >= 0.3 is 0 Å². The fourth-order valence-corrected chi connectivity index (χ4v) is 1.03. The summed E-state index contributed by atoms with van der Waals surface area (Å²) in [5, 5.41) is 0. The van der Waals surface area contributed by atoms with Crippen molar-refractivity contribution in [2.45, 2.75) is 46.5 Å². The maximum atomic E-state index is 2.23. The van der Waals surface area contributed by atoms with Crippen LogP contribution >= 0.6 is 12.4 Å². The molecule has 0 aromatic heterocycles. The van der Waals surface area contributed by atoms with Gasteiger partial charge < -0.3 is 0 Å². The molecule has 0 unspecified atom stereocenters. The second kappa shape index (κ2) is 12.5. The molecule has 0 radical (unpaired) electrons. The van der Waals surface area contributed by atoms with Crippen molar-refractivity contribution in [2.75, 3.05) is 0 Å². The number of benzene rings is 1. The third-order valence-corrected chi connectivity index (χ3v) is 1.90. The minimum absolute atomic E-state index is 0. The lowest BCUT2D eigenvalue weighted by atomic mass is 10.2. The molecule has 0 spiro atoms. The lowest BCUT2D eigenvalue weighted by Crippen LogP contribution is -1.66. The number of hydrogen-bond donors (Lipinski definition) is 0. The first-order valence-electron chi connectivity index (χ1n) is 5.32. The van der Waals surface area contributed by atoms with Crippen molar-refractivity contribution in [3.63, 3.8) is 0 Å². The van der Waals surface area contributed by atoms with E-state index in [1.807, 2.05) is 18.2 Å². The molecule has 0 nitrogen and oxygen atoms in total. The zero-order chi connectivity index (χ0) is 9.94. The van der Waals surface area contributed by atoms with Crippen LogP contribution in [0.5, 0.6) is 0 Å². The third-order valence-electron chi connectivity index (χ3n) is 1.90. The Morgan fingerprint density at radius 3 is 1.50 bits per heavy atom. The van der Waals surface area contributed by atoms with Gasteiger partial charge in [0.1, 0.15) is 0 Å². The Bertz CT molecular complexity index is 178. The van der Waals surface area contributed by atoms with E-state index >= 15 is 0 Å². The van der Waals surface area contributed by atoms with E-state index in [0.717, 1.165) is 0 Å². The van der Waals surface area contributed by atoms with Crippen molar-refractivity contribution in [1.29, 1.82) is 0 Å². The third kappa shape index (κ3) is 11.5. The molecule has 0 aliphatic rings. The fraction of sp³-hybridized carbons (Fsp3) is 0.538. The molecule has 0 heterocycles. The molecule has 0 amide bonds. The van der Waals surface area contributed by atoms with Gasteiger partial charge in [-0.3, -0.25) is 0 Å². The molecule has 0 atom stereocenters. The highest BCUT2D eigenvalue weighted by Gasteiger charge is 1.75. The monoisotopic (exact) mass is 214 g/mol. The molecular weight excluding hydrogens is 192 g/mol. The molecule has 1 aromatic carbocycles. The molecule has 0 aliphatic carbocycles. The van der Waals surface area contributed by atoms with Crippen molar-refractivity contribution in [3.8, 4) is 0 Å². The highest BCUT2D eigenvalue weighted by Crippen LogP contribution is 1.95. The van der Waals surface area contributed by atoms with Crippen LogP contribution in [0.4, 0.5) is 0 Å². The van der Waals surface area contributed by atoms with Crippen molar-refractivity contribution < 1.29 is 0 Å². The van der Waals surface area contributed by atoms with Crippen molar-refractivity contribution in [2.24, 2.45) is 0 Å². The molecule has 1 rings (SSSR count). The maximum absolute atomic E-state index is 2.23. The van der Waals surface area contributed by atoms with Gasteiger partial charge in [-0.05, 0) is 6.92 Å². The average Bonchev–Trinajstić information content (AvgIpc) is 2.17. The Hall–Kier alpha value is -0.490. The van der Waals surface area contributed by atoms with Gasteiger partial charge in [-0.2, -0.15) is 0 Å². The smallest absolute Gasteiger partial charge is 0.0398 e. The van der Waals surface area contributed by atoms with Crippen molar-refractivity contribution in [3.05, 3.63) is 35.9 Å². The molecule has 0 saturated heterocycles. The van der Waals surface area contributed by atoms with Crippen LogP contribution in [0, 0.1) is 6.92 Å². The SMILES string of the molecule is CCCCCC.Cc1ccccc1.Cl. The summed E-state index contributed by atoms with van der Waals surface area (Å²) in [7, 11) is 0. The van der Waals surface area contributed by atoms with Gasteiger partial charge in [0, 0.05) is 0 Å². The number of unbranched alkanes of at least 4 members (excludes halogenated alkanes) is 3. The Morgan fingerprint density at radius 2 is 1.29 bits per heavy atom. The van der Waals surface area contributed by atoms with E-state index in [-0.39, 0.29) is 12.4 Å². The first-order valence-corrected chi connectivity index (χ1v) is 5.32. The predicted molar refractivity (Wildman–Crippen MR) is 68.2 cm³/mol. The quantitative estimate of drug-likeness (QED) is 0.621. The van der Waals surface area contributed by atoms with Gasteiger partial charge in [-0.15, -0.1) is 12.4 Å². The molecule has 0 saturated carbocycles. The molecule has 1 aromatic rings. The topological polar surface area (TPSA) is 0 Å². The first-order chi connectivity index (χ1) is 6.31. The Labute approximate surface area is 95.1 Å². The van der Waals surface area contributed by atoms with Gasteiger partial charge in [0.15, 0.2) is 0 Å². The predicted octanol–water partition coefficient (Wildman–Crippen LogP) is 5.00. The molecule has 0 N–H and O–H groups in total. The minimum Gasteiger partial charge on any atom is -0.147 e. The van der Waals surface area contributed by atoms with Gasteiger partial charge in [0.05, 0.1) is 0 Å². The summed E-state index contributed by atoms with van der Waals surface area (Å²) in [5.41, 5.74) is 1.32. The van der Waals surface area contributed by atoms with Crippen LogP contribution in [0.2, 0.25) is 0 Å². The number of aryl methyl sites for hydroxylation is 1. The van der Waals surface area contributed by atoms with Crippen molar-refractivity contribution >= 4 is 12.4 Å². The number of rotatable bonds is 3. The van der Waals surface area contributed by atoms with Gasteiger partial charge in [-0.1, -0.05) is 75.4 Å². The van der Waals surface area contributed by atoms with Crippen LogP contribution in [0.15, 0.2) is 30.3 Å². The van der Waals surface area contributed by atoms with E-state index in [0.29, 0.717) is 0 Å². The van der Waals surface area contributed by atoms with E-state index in [1.165, 1.54) is 31.2 Å². The van der Waals surface area contributed by atoms with Crippen LogP contribution < -0.4 is 0 Å². The molecule has 0 bridgehead atoms. The van der Waals surface area contributed by atoms with E-state index in [2.05, 4.69) is 32.9 Å². The molecule has 14 heavy (non-hydrogen) atoms. The Morgan fingerprint density at radius 1 is 0.857 bits per heavy atom. The van der Waals surface area contributed by atoms with Crippen LogP contribution in [-0.4, -0.2) is 0 Å². The number of hydrogen-bond acceptors (Lipinski definition) is 0. The van der Waals surface area contributed by atoms with Gasteiger partial charge in [0.25, 0.3) is 0 Å². The van der Waals surface area contributed by atoms with E-state index in [1.54, 1.807) is 0 Å².